The zero-order valence-corrected chi connectivity index (χ0v) is 17.2. The molecule has 1 fully saturated rings. The van der Waals surface area contributed by atoms with Gasteiger partial charge in [0.1, 0.15) is 0 Å². The van der Waals surface area contributed by atoms with Gasteiger partial charge in [-0.25, -0.2) is 8.42 Å². The lowest BCUT2D eigenvalue weighted by Gasteiger charge is -2.27. The topological polar surface area (TPSA) is 57.7 Å². The number of hydrogen-bond acceptors (Lipinski definition) is 3. The average Bonchev–Trinajstić information content (AvgIpc) is 3.04. The van der Waals surface area contributed by atoms with Gasteiger partial charge in [0, 0.05) is 30.4 Å². The van der Waals surface area contributed by atoms with E-state index in [-0.39, 0.29) is 16.8 Å². The SMILES string of the molecule is Cc1ccc(S(=O)(=O)N2CCCCC2)cc1C(=O)N1c2ccccc2C[C@H]1C. The van der Waals surface area contributed by atoms with Crippen molar-refractivity contribution in [3.8, 4) is 0 Å². The van der Waals surface area contributed by atoms with Crippen LogP contribution in [0.15, 0.2) is 47.4 Å². The molecule has 2 aromatic carbocycles. The minimum absolute atomic E-state index is 0.0478. The van der Waals surface area contributed by atoms with Crippen molar-refractivity contribution in [1.82, 2.24) is 4.31 Å². The third-order valence-electron chi connectivity index (χ3n) is 5.82. The highest BCUT2D eigenvalue weighted by atomic mass is 32.2. The normalized spacial score (nSPS) is 20.2. The molecule has 0 radical (unpaired) electrons. The Labute approximate surface area is 167 Å². The molecule has 5 nitrogen and oxygen atoms in total. The molecule has 0 saturated carbocycles. The van der Waals surface area contributed by atoms with Gasteiger partial charge < -0.3 is 4.90 Å². The Morgan fingerprint density at radius 2 is 1.75 bits per heavy atom. The molecule has 1 saturated heterocycles. The highest BCUT2D eigenvalue weighted by Gasteiger charge is 2.33. The summed E-state index contributed by atoms with van der Waals surface area (Å²) < 4.78 is 27.7. The molecule has 0 N–H and O–H groups in total. The van der Waals surface area contributed by atoms with Crippen LogP contribution in [0.4, 0.5) is 5.69 Å². The van der Waals surface area contributed by atoms with Gasteiger partial charge >= 0.3 is 0 Å². The van der Waals surface area contributed by atoms with Crippen molar-refractivity contribution in [3.05, 3.63) is 59.2 Å². The summed E-state index contributed by atoms with van der Waals surface area (Å²) in [6.07, 6.45) is 3.65. The van der Waals surface area contributed by atoms with E-state index in [1.807, 2.05) is 38.1 Å². The maximum absolute atomic E-state index is 13.4. The average molecular weight is 399 g/mol. The Morgan fingerprint density at radius 3 is 2.50 bits per heavy atom. The van der Waals surface area contributed by atoms with Gasteiger partial charge in [0.25, 0.3) is 5.91 Å². The van der Waals surface area contributed by atoms with Crippen LogP contribution in [0.3, 0.4) is 0 Å². The third-order valence-corrected chi connectivity index (χ3v) is 7.71. The van der Waals surface area contributed by atoms with Gasteiger partial charge in [0.2, 0.25) is 10.0 Å². The van der Waals surface area contributed by atoms with Crippen molar-refractivity contribution in [3.63, 3.8) is 0 Å². The number of aryl methyl sites for hydroxylation is 1. The van der Waals surface area contributed by atoms with Crippen molar-refractivity contribution in [1.29, 1.82) is 0 Å². The van der Waals surface area contributed by atoms with Crippen molar-refractivity contribution in [2.24, 2.45) is 0 Å². The second kappa shape index (κ2) is 7.33. The Kier molecular flexibility index (Phi) is 5.02. The lowest BCUT2D eigenvalue weighted by molar-refractivity contribution is 0.0980. The minimum Gasteiger partial charge on any atom is -0.305 e. The molecular formula is C22H26N2O3S. The standard InChI is InChI=1S/C22H26N2O3S/c1-16-10-11-19(28(26,27)23-12-6-3-7-13-23)15-20(16)22(25)24-17(2)14-18-8-4-5-9-21(18)24/h4-5,8-11,15,17H,3,6-7,12-14H2,1-2H3/t17-/m1/s1. The lowest BCUT2D eigenvalue weighted by Crippen LogP contribution is -2.37. The molecule has 148 valence electrons. The van der Waals surface area contributed by atoms with Gasteiger partial charge in [-0.2, -0.15) is 4.31 Å². The fourth-order valence-electron chi connectivity index (χ4n) is 4.25. The first-order chi connectivity index (χ1) is 13.4. The Morgan fingerprint density at radius 1 is 1.04 bits per heavy atom. The number of nitrogens with zero attached hydrogens (tertiary/aromatic N) is 2. The summed E-state index contributed by atoms with van der Waals surface area (Å²) in [6.45, 7) is 4.99. The fraction of sp³-hybridized carbons (Fsp3) is 0.409. The van der Waals surface area contributed by atoms with E-state index in [9.17, 15) is 13.2 Å². The van der Waals surface area contributed by atoms with Crippen LogP contribution in [-0.2, 0) is 16.4 Å². The Balaban J connectivity index is 1.71. The smallest absolute Gasteiger partial charge is 0.258 e. The number of rotatable bonds is 3. The zero-order chi connectivity index (χ0) is 19.9. The molecule has 1 amide bonds. The van der Waals surface area contributed by atoms with E-state index >= 15 is 0 Å². The summed E-state index contributed by atoms with van der Waals surface area (Å²) in [5, 5.41) is 0. The molecule has 0 unspecified atom stereocenters. The van der Waals surface area contributed by atoms with Gasteiger partial charge in [-0.05, 0) is 62.4 Å². The van der Waals surface area contributed by atoms with E-state index in [1.165, 1.54) is 0 Å². The number of piperidine rings is 1. The van der Waals surface area contributed by atoms with E-state index in [0.29, 0.717) is 18.7 Å². The zero-order valence-electron chi connectivity index (χ0n) is 16.4. The minimum atomic E-state index is -3.57. The molecule has 28 heavy (non-hydrogen) atoms. The predicted molar refractivity (Wildman–Crippen MR) is 110 cm³/mol. The van der Waals surface area contributed by atoms with Crippen LogP contribution >= 0.6 is 0 Å². The Bertz CT molecular complexity index is 1010. The fourth-order valence-corrected chi connectivity index (χ4v) is 5.79. The van der Waals surface area contributed by atoms with Crippen LogP contribution < -0.4 is 4.90 Å². The molecule has 6 heteroatoms. The summed E-state index contributed by atoms with van der Waals surface area (Å²) in [5.41, 5.74) is 3.32. The monoisotopic (exact) mass is 398 g/mol. The summed E-state index contributed by atoms with van der Waals surface area (Å²) in [6, 6.07) is 12.9. The summed E-state index contributed by atoms with van der Waals surface area (Å²) in [4.78, 5) is 15.4. The van der Waals surface area contributed by atoms with E-state index in [0.717, 1.165) is 42.5 Å². The molecule has 0 aliphatic carbocycles. The maximum Gasteiger partial charge on any atom is 0.258 e. The van der Waals surface area contributed by atoms with Gasteiger partial charge in [-0.1, -0.05) is 30.7 Å². The molecule has 2 aromatic rings. The summed E-state index contributed by atoms with van der Waals surface area (Å²) in [7, 11) is -3.57. The number of benzene rings is 2. The maximum atomic E-state index is 13.4. The van der Waals surface area contributed by atoms with Gasteiger partial charge in [0.15, 0.2) is 0 Å². The molecule has 2 aliphatic heterocycles. The van der Waals surface area contributed by atoms with E-state index in [1.54, 1.807) is 27.4 Å². The number of carbonyl (C=O) groups excluding carboxylic acids is 1. The number of carbonyl (C=O) groups is 1. The number of fused-ring (bicyclic) bond motifs is 1. The molecule has 0 bridgehead atoms. The quantitative estimate of drug-likeness (QED) is 0.791. The second-order valence-electron chi connectivity index (χ2n) is 7.80. The number of hydrogen-bond donors (Lipinski definition) is 0. The van der Waals surface area contributed by atoms with Crippen LogP contribution in [0.2, 0.25) is 0 Å². The number of sulfonamides is 1. The highest BCUT2D eigenvalue weighted by molar-refractivity contribution is 7.89. The number of amides is 1. The van der Waals surface area contributed by atoms with Crippen LogP contribution in [-0.4, -0.2) is 37.8 Å². The van der Waals surface area contributed by atoms with Crippen molar-refractivity contribution >= 4 is 21.6 Å². The van der Waals surface area contributed by atoms with Gasteiger partial charge in [-0.15, -0.1) is 0 Å². The first-order valence-electron chi connectivity index (χ1n) is 9.92. The first-order valence-corrected chi connectivity index (χ1v) is 11.4. The van der Waals surface area contributed by atoms with E-state index in [2.05, 4.69) is 0 Å². The van der Waals surface area contributed by atoms with Crippen LogP contribution in [0.25, 0.3) is 0 Å². The largest absolute Gasteiger partial charge is 0.305 e. The summed E-state index contributed by atoms with van der Waals surface area (Å²) >= 11 is 0. The Hall–Kier alpha value is -2.18. The predicted octanol–water partition coefficient (Wildman–Crippen LogP) is 3.76. The highest BCUT2D eigenvalue weighted by Crippen LogP contribution is 2.34. The molecule has 2 aliphatic rings. The molecule has 2 heterocycles. The molecule has 0 spiro atoms. The van der Waals surface area contributed by atoms with Gasteiger partial charge in [0.05, 0.1) is 4.90 Å². The first kappa shape index (κ1) is 19.2. The van der Waals surface area contributed by atoms with Crippen molar-refractivity contribution < 1.29 is 13.2 Å². The number of para-hydroxylation sites is 1. The van der Waals surface area contributed by atoms with Crippen molar-refractivity contribution in [2.75, 3.05) is 18.0 Å². The third kappa shape index (κ3) is 3.25. The van der Waals surface area contributed by atoms with Crippen LogP contribution in [0.5, 0.6) is 0 Å². The van der Waals surface area contributed by atoms with Gasteiger partial charge in [-0.3, -0.25) is 4.79 Å². The molecule has 0 aromatic heterocycles. The molecular weight excluding hydrogens is 372 g/mol. The van der Waals surface area contributed by atoms with Crippen LogP contribution in [0, 0.1) is 6.92 Å². The van der Waals surface area contributed by atoms with Crippen molar-refractivity contribution in [2.45, 2.75) is 50.5 Å². The molecule has 1 atom stereocenters. The lowest BCUT2D eigenvalue weighted by atomic mass is 10.1. The molecule has 4 rings (SSSR count). The second-order valence-corrected chi connectivity index (χ2v) is 9.74. The number of anilines is 1. The van der Waals surface area contributed by atoms with Crippen LogP contribution in [0.1, 0.15) is 47.7 Å². The van der Waals surface area contributed by atoms with E-state index < -0.39 is 10.0 Å². The summed E-state index contributed by atoms with van der Waals surface area (Å²) in [5.74, 6) is -0.134. The van der Waals surface area contributed by atoms with E-state index in [4.69, 9.17) is 0 Å².